The first kappa shape index (κ1) is 15.7. The lowest BCUT2D eigenvalue weighted by atomic mass is 10.2. The highest BCUT2D eigenvalue weighted by Gasteiger charge is 2.12. The van der Waals surface area contributed by atoms with Gasteiger partial charge >= 0.3 is 5.97 Å². The topological polar surface area (TPSA) is 72.5 Å². The van der Waals surface area contributed by atoms with Gasteiger partial charge in [-0.25, -0.2) is 13.1 Å². The van der Waals surface area contributed by atoms with Crippen LogP contribution in [0.5, 0.6) is 0 Å². The van der Waals surface area contributed by atoms with Crippen molar-refractivity contribution in [2.75, 3.05) is 6.54 Å². The van der Waals surface area contributed by atoms with Crippen molar-refractivity contribution in [2.24, 2.45) is 0 Å². The third-order valence-electron chi connectivity index (χ3n) is 2.22. The minimum absolute atomic E-state index is 0.0339. The molecule has 0 aromatic heterocycles. The summed E-state index contributed by atoms with van der Waals surface area (Å²) in [4.78, 5) is 11.2. The van der Waals surface area contributed by atoms with E-state index in [4.69, 9.17) is 4.74 Å². The summed E-state index contributed by atoms with van der Waals surface area (Å²) < 4.78 is 30.8. The highest BCUT2D eigenvalue weighted by Crippen LogP contribution is 2.04. The molecule has 0 radical (unpaired) electrons. The molecular weight excluding hydrogens is 266 g/mol. The molecule has 0 amide bonds. The number of ether oxygens (including phenoxy) is 1. The van der Waals surface area contributed by atoms with Gasteiger partial charge in [0.25, 0.3) is 0 Å². The lowest BCUT2D eigenvalue weighted by Gasteiger charge is -2.09. The molecule has 0 aliphatic heterocycles. The van der Waals surface area contributed by atoms with Crippen LogP contribution >= 0.6 is 0 Å². The predicted molar refractivity (Wildman–Crippen MR) is 72.9 cm³/mol. The largest absolute Gasteiger partial charge is 0.463 e. The Kier molecular flexibility index (Phi) is 5.98. The molecule has 0 aliphatic rings. The second kappa shape index (κ2) is 7.25. The molecule has 0 aliphatic carbocycles. The summed E-state index contributed by atoms with van der Waals surface area (Å²) >= 11 is 0. The second-order valence-electron chi connectivity index (χ2n) is 4.43. The van der Waals surface area contributed by atoms with Crippen molar-refractivity contribution in [3.63, 3.8) is 0 Å². The number of carbonyl (C=O) groups is 1. The maximum Gasteiger partial charge on any atom is 0.307 e. The van der Waals surface area contributed by atoms with Crippen LogP contribution in [0.3, 0.4) is 0 Å². The Morgan fingerprint density at radius 2 is 1.89 bits per heavy atom. The number of esters is 1. The summed E-state index contributed by atoms with van der Waals surface area (Å²) in [6.07, 6.45) is -0.153. The SMILES string of the molecule is CC(C)OC(=O)CCNS(=O)(=O)Cc1ccccc1. The van der Waals surface area contributed by atoms with E-state index in [1.165, 1.54) is 0 Å². The number of hydrogen-bond acceptors (Lipinski definition) is 4. The summed E-state index contributed by atoms with van der Waals surface area (Å²) in [7, 11) is -3.42. The summed E-state index contributed by atoms with van der Waals surface area (Å²) in [6.45, 7) is 3.55. The number of rotatable bonds is 7. The van der Waals surface area contributed by atoms with Crippen molar-refractivity contribution in [1.29, 1.82) is 0 Å². The Morgan fingerprint density at radius 3 is 2.47 bits per heavy atom. The molecule has 0 unspecified atom stereocenters. The van der Waals surface area contributed by atoms with Crippen molar-refractivity contribution in [3.8, 4) is 0 Å². The standard InChI is InChI=1S/C13H19NO4S/c1-11(2)18-13(15)8-9-14-19(16,17)10-12-6-4-3-5-7-12/h3-7,11,14H,8-10H2,1-2H3. The van der Waals surface area contributed by atoms with Crippen LogP contribution in [0.4, 0.5) is 0 Å². The minimum Gasteiger partial charge on any atom is -0.463 e. The third kappa shape index (κ3) is 6.93. The van der Waals surface area contributed by atoms with Gasteiger partial charge in [0.15, 0.2) is 0 Å². The van der Waals surface area contributed by atoms with Crippen LogP contribution in [-0.2, 0) is 25.3 Å². The van der Waals surface area contributed by atoms with E-state index >= 15 is 0 Å². The molecule has 1 aromatic carbocycles. The highest BCUT2D eigenvalue weighted by molar-refractivity contribution is 7.88. The maximum absolute atomic E-state index is 11.7. The van der Waals surface area contributed by atoms with Crippen LogP contribution in [0.15, 0.2) is 30.3 Å². The molecule has 6 heteroatoms. The molecular formula is C13H19NO4S. The van der Waals surface area contributed by atoms with Crippen LogP contribution in [-0.4, -0.2) is 27.0 Å². The summed E-state index contributed by atoms with van der Waals surface area (Å²) in [6, 6.07) is 8.87. The van der Waals surface area contributed by atoms with Crippen LogP contribution in [0.2, 0.25) is 0 Å². The fraction of sp³-hybridized carbons (Fsp3) is 0.462. The number of hydrogen-bond donors (Lipinski definition) is 1. The quantitative estimate of drug-likeness (QED) is 0.770. The molecule has 0 fully saturated rings. The van der Waals surface area contributed by atoms with Gasteiger partial charge in [-0.1, -0.05) is 30.3 Å². The summed E-state index contributed by atoms with van der Waals surface area (Å²) in [5, 5.41) is 0. The lowest BCUT2D eigenvalue weighted by molar-refractivity contribution is -0.147. The smallest absolute Gasteiger partial charge is 0.307 e. The summed E-state index contributed by atoms with van der Waals surface area (Å²) in [5.74, 6) is -0.495. The van der Waals surface area contributed by atoms with Gasteiger partial charge in [0.1, 0.15) is 0 Å². The lowest BCUT2D eigenvalue weighted by Crippen LogP contribution is -2.28. The van der Waals surface area contributed by atoms with Crippen molar-refractivity contribution in [3.05, 3.63) is 35.9 Å². The second-order valence-corrected chi connectivity index (χ2v) is 6.23. The highest BCUT2D eigenvalue weighted by atomic mass is 32.2. The van der Waals surface area contributed by atoms with E-state index in [2.05, 4.69) is 4.72 Å². The van der Waals surface area contributed by atoms with Crippen molar-refractivity contribution >= 4 is 16.0 Å². The van der Waals surface area contributed by atoms with Crippen LogP contribution < -0.4 is 4.72 Å². The first-order chi connectivity index (χ1) is 8.89. The van der Waals surface area contributed by atoms with Gasteiger partial charge in [0, 0.05) is 6.54 Å². The van der Waals surface area contributed by atoms with Crippen LogP contribution in [0.25, 0.3) is 0 Å². The molecule has 19 heavy (non-hydrogen) atoms. The van der Waals surface area contributed by atoms with E-state index in [1.807, 2.05) is 6.07 Å². The van der Waals surface area contributed by atoms with E-state index in [0.29, 0.717) is 5.56 Å². The van der Waals surface area contributed by atoms with Crippen molar-refractivity contribution in [1.82, 2.24) is 4.72 Å². The fourth-order valence-corrected chi connectivity index (χ4v) is 2.62. The molecule has 0 heterocycles. The zero-order valence-electron chi connectivity index (χ0n) is 11.1. The molecule has 106 valence electrons. The zero-order valence-corrected chi connectivity index (χ0v) is 11.9. The zero-order chi connectivity index (χ0) is 14.3. The van der Waals surface area contributed by atoms with E-state index in [9.17, 15) is 13.2 Å². The summed E-state index contributed by atoms with van der Waals surface area (Å²) in [5.41, 5.74) is 0.708. The van der Waals surface area contributed by atoms with Gasteiger partial charge < -0.3 is 4.74 Å². The van der Waals surface area contributed by atoms with Gasteiger partial charge in [-0.05, 0) is 19.4 Å². The third-order valence-corrected chi connectivity index (χ3v) is 3.58. The Balaban J connectivity index is 2.38. The average molecular weight is 285 g/mol. The molecule has 0 bridgehead atoms. The number of nitrogens with one attached hydrogen (secondary N) is 1. The minimum atomic E-state index is -3.42. The average Bonchev–Trinajstić information content (AvgIpc) is 2.28. The predicted octanol–water partition coefficient (Wildman–Crippen LogP) is 1.45. The normalized spacial score (nSPS) is 11.5. The first-order valence-electron chi connectivity index (χ1n) is 6.10. The fourth-order valence-electron chi connectivity index (χ4n) is 1.48. The number of sulfonamides is 1. The number of carbonyl (C=O) groups excluding carboxylic acids is 1. The van der Waals surface area contributed by atoms with Crippen LogP contribution in [0.1, 0.15) is 25.8 Å². The Labute approximate surface area is 114 Å². The van der Waals surface area contributed by atoms with Crippen molar-refractivity contribution < 1.29 is 17.9 Å². The van der Waals surface area contributed by atoms with Gasteiger partial charge in [-0.2, -0.15) is 0 Å². The van der Waals surface area contributed by atoms with Gasteiger partial charge in [0.2, 0.25) is 10.0 Å². The Bertz CT molecular complexity index is 497. The number of benzene rings is 1. The van der Waals surface area contributed by atoms with E-state index in [-0.39, 0.29) is 24.8 Å². The molecule has 0 saturated carbocycles. The van der Waals surface area contributed by atoms with Gasteiger partial charge in [-0.15, -0.1) is 0 Å². The van der Waals surface area contributed by atoms with Crippen LogP contribution in [0, 0.1) is 0 Å². The van der Waals surface area contributed by atoms with Gasteiger partial charge in [0.05, 0.1) is 18.3 Å². The van der Waals surface area contributed by atoms with E-state index in [0.717, 1.165) is 0 Å². The Hall–Kier alpha value is -1.40. The molecule has 5 nitrogen and oxygen atoms in total. The van der Waals surface area contributed by atoms with E-state index in [1.54, 1.807) is 38.1 Å². The molecule has 1 N–H and O–H groups in total. The van der Waals surface area contributed by atoms with Crippen molar-refractivity contribution in [2.45, 2.75) is 32.1 Å². The van der Waals surface area contributed by atoms with Gasteiger partial charge in [-0.3, -0.25) is 4.79 Å². The maximum atomic E-state index is 11.7. The molecule has 0 saturated heterocycles. The molecule has 0 atom stereocenters. The molecule has 1 aromatic rings. The monoisotopic (exact) mass is 285 g/mol. The molecule has 1 rings (SSSR count). The first-order valence-corrected chi connectivity index (χ1v) is 7.75. The van der Waals surface area contributed by atoms with E-state index < -0.39 is 16.0 Å². The Morgan fingerprint density at radius 1 is 1.26 bits per heavy atom. The molecule has 0 spiro atoms.